The molecule has 1 aliphatic rings. The van der Waals surface area contributed by atoms with E-state index >= 15 is 0 Å². The smallest absolute Gasteiger partial charge is 0.407 e. The van der Waals surface area contributed by atoms with Crippen molar-refractivity contribution in [2.24, 2.45) is 10.9 Å². The predicted octanol–water partition coefficient (Wildman–Crippen LogP) is 2.42. The molecular weight excluding hydrogens is 338 g/mol. The monoisotopic (exact) mass is 361 g/mol. The lowest BCUT2D eigenvalue weighted by atomic mass is 9.82. The van der Waals surface area contributed by atoms with Crippen LogP contribution in [0.2, 0.25) is 0 Å². The van der Waals surface area contributed by atoms with Gasteiger partial charge in [0.15, 0.2) is 0 Å². The molecule has 0 bridgehead atoms. The molecule has 8 nitrogen and oxygen atoms in total. The fourth-order valence-electron chi connectivity index (χ4n) is 2.60. The van der Waals surface area contributed by atoms with Crippen LogP contribution in [-0.4, -0.2) is 48.6 Å². The van der Waals surface area contributed by atoms with Crippen LogP contribution in [0.15, 0.2) is 22.7 Å². The highest BCUT2D eigenvalue weighted by Gasteiger charge is 2.36. The Kier molecular flexibility index (Phi) is 6.32. The number of alkyl carbamates (subject to hydrolysis) is 1. The number of amides is 1. The molecule has 0 spiro atoms. The molecule has 1 saturated carbocycles. The Morgan fingerprint density at radius 2 is 2.12 bits per heavy atom. The van der Waals surface area contributed by atoms with Gasteiger partial charge in [-0.2, -0.15) is 0 Å². The number of carbonyl (C=O) groups is 2. The maximum Gasteiger partial charge on any atom is 0.407 e. The van der Waals surface area contributed by atoms with Crippen molar-refractivity contribution in [3.05, 3.63) is 29.1 Å². The van der Waals surface area contributed by atoms with Gasteiger partial charge in [0, 0.05) is 7.05 Å². The van der Waals surface area contributed by atoms with Crippen LogP contribution < -0.4 is 10.1 Å². The van der Waals surface area contributed by atoms with E-state index in [1.165, 1.54) is 7.05 Å². The number of carbonyl (C=O) groups excluding carboxylic acids is 1. The average molecular weight is 361 g/mol. The third-order valence-electron chi connectivity index (χ3n) is 4.20. The van der Waals surface area contributed by atoms with Gasteiger partial charge in [0.2, 0.25) is 0 Å². The molecule has 8 heteroatoms. The first-order valence-electron chi connectivity index (χ1n) is 8.24. The van der Waals surface area contributed by atoms with Gasteiger partial charge in [-0.1, -0.05) is 0 Å². The molecule has 26 heavy (non-hydrogen) atoms. The zero-order valence-electron chi connectivity index (χ0n) is 15.1. The molecule has 140 valence electrons. The summed E-state index contributed by atoms with van der Waals surface area (Å²) in [6, 6.07) is 3.53. The summed E-state index contributed by atoms with van der Waals surface area (Å²) in [5.41, 5.74) is 2.52. The normalized spacial score (nSPS) is 19.7. The van der Waals surface area contributed by atoms with E-state index in [0.717, 1.165) is 0 Å². The largest absolute Gasteiger partial charge is 0.488 e. The van der Waals surface area contributed by atoms with Gasteiger partial charge in [-0.25, -0.2) is 9.78 Å². The highest BCUT2D eigenvalue weighted by atomic mass is 16.5. The summed E-state index contributed by atoms with van der Waals surface area (Å²) in [6.45, 7) is 7.23. The van der Waals surface area contributed by atoms with Crippen molar-refractivity contribution in [3.8, 4) is 5.75 Å². The molecule has 1 amide bonds. The summed E-state index contributed by atoms with van der Waals surface area (Å²) < 4.78 is 10.8. The van der Waals surface area contributed by atoms with Crippen LogP contribution >= 0.6 is 0 Å². The topological polar surface area (TPSA) is 110 Å². The van der Waals surface area contributed by atoms with Crippen LogP contribution in [0.25, 0.3) is 5.70 Å². The van der Waals surface area contributed by atoms with Crippen LogP contribution in [0.3, 0.4) is 0 Å². The van der Waals surface area contributed by atoms with Gasteiger partial charge >= 0.3 is 12.1 Å². The van der Waals surface area contributed by atoms with Gasteiger partial charge in [0.05, 0.1) is 23.0 Å². The lowest BCUT2D eigenvalue weighted by molar-refractivity contribution is -0.147. The number of nitrogens with zero attached hydrogens (tertiary/aromatic N) is 2. The number of carboxylic acid groups (broad SMARTS) is 1. The average Bonchev–Trinajstić information content (AvgIpc) is 2.57. The molecule has 0 saturated heterocycles. The van der Waals surface area contributed by atoms with E-state index in [2.05, 4.69) is 22.0 Å². The second kappa shape index (κ2) is 8.46. The maximum absolute atomic E-state index is 11.2. The van der Waals surface area contributed by atoms with E-state index < -0.39 is 12.1 Å². The Hall–Kier alpha value is -2.90. The molecule has 0 unspecified atom stereocenters. The van der Waals surface area contributed by atoms with Gasteiger partial charge in [-0.3, -0.25) is 9.79 Å². The van der Waals surface area contributed by atoms with E-state index in [9.17, 15) is 9.59 Å². The minimum absolute atomic E-state index is 0.0751. The van der Waals surface area contributed by atoms with E-state index in [1.807, 2.05) is 6.92 Å². The lowest BCUT2D eigenvalue weighted by Crippen LogP contribution is -2.38. The lowest BCUT2D eigenvalue weighted by Gasteiger charge is -2.32. The number of pyridine rings is 1. The molecule has 0 aliphatic heterocycles. The third kappa shape index (κ3) is 4.59. The van der Waals surface area contributed by atoms with E-state index in [-0.39, 0.29) is 18.6 Å². The number of nitrogens with one attached hydrogen (secondary N) is 1. The standard InChI is InChI=1S/C18H23N3O5/c1-10(9-25-18(24)20-4)16(19-3)14-5-6-15(11(2)21-14)26-13-7-12(8-13)17(22)23/h5-6,12-13H,3,7-9H2,1-2,4H3,(H,20,24)(H,22,23)/b16-10+/t12-,13+. The minimum atomic E-state index is -0.781. The van der Waals surface area contributed by atoms with Crippen LogP contribution in [0, 0.1) is 12.8 Å². The second-order valence-corrected chi connectivity index (χ2v) is 6.14. The van der Waals surface area contributed by atoms with Gasteiger partial charge in [0.1, 0.15) is 18.5 Å². The van der Waals surface area contributed by atoms with Crippen molar-refractivity contribution in [1.82, 2.24) is 10.3 Å². The van der Waals surface area contributed by atoms with Gasteiger partial charge in [-0.15, -0.1) is 0 Å². The number of hydrogen-bond acceptors (Lipinski definition) is 6. The molecule has 1 fully saturated rings. The van der Waals surface area contributed by atoms with E-state index in [4.69, 9.17) is 14.6 Å². The number of aromatic nitrogens is 1. The number of aliphatic imine (C=N–C) groups is 1. The van der Waals surface area contributed by atoms with Crippen molar-refractivity contribution >= 4 is 24.5 Å². The predicted molar refractivity (Wildman–Crippen MR) is 96.3 cm³/mol. The third-order valence-corrected chi connectivity index (χ3v) is 4.20. The molecule has 0 radical (unpaired) electrons. The molecule has 1 aromatic rings. The Labute approximate surface area is 151 Å². The zero-order valence-corrected chi connectivity index (χ0v) is 15.1. The Morgan fingerprint density at radius 3 is 2.65 bits per heavy atom. The molecule has 0 aromatic carbocycles. The van der Waals surface area contributed by atoms with Crippen molar-refractivity contribution in [2.45, 2.75) is 32.8 Å². The molecule has 2 N–H and O–H groups in total. The highest BCUT2D eigenvalue weighted by molar-refractivity contribution is 5.71. The summed E-state index contributed by atoms with van der Waals surface area (Å²) in [6.07, 6.45) is 0.385. The molecule has 1 aromatic heterocycles. The number of rotatable bonds is 7. The number of ether oxygens (including phenoxy) is 2. The van der Waals surface area contributed by atoms with E-state index in [0.29, 0.717) is 41.2 Å². The summed E-state index contributed by atoms with van der Waals surface area (Å²) >= 11 is 0. The fraction of sp³-hybridized carbons (Fsp3) is 0.444. The van der Waals surface area contributed by atoms with Gasteiger partial charge < -0.3 is 19.9 Å². The molecular formula is C18H23N3O5. The van der Waals surface area contributed by atoms with Crippen molar-refractivity contribution in [1.29, 1.82) is 0 Å². The summed E-state index contributed by atoms with van der Waals surface area (Å²) in [5.74, 6) is -0.489. The van der Waals surface area contributed by atoms with Crippen molar-refractivity contribution in [2.75, 3.05) is 13.7 Å². The molecule has 0 atom stereocenters. The second-order valence-electron chi connectivity index (χ2n) is 6.14. The van der Waals surface area contributed by atoms with Crippen molar-refractivity contribution in [3.63, 3.8) is 0 Å². The highest BCUT2D eigenvalue weighted by Crippen LogP contribution is 2.33. The molecule has 2 rings (SSSR count). The quantitative estimate of drug-likeness (QED) is 0.722. The number of aliphatic carboxylic acids is 1. The number of aryl methyl sites for hydroxylation is 1. The first-order valence-corrected chi connectivity index (χ1v) is 8.24. The zero-order chi connectivity index (χ0) is 19.3. The Morgan fingerprint density at radius 1 is 1.42 bits per heavy atom. The van der Waals surface area contributed by atoms with E-state index in [1.54, 1.807) is 19.1 Å². The SMILES string of the molecule is C=N/C(=C(\C)COC(=O)NC)c1ccc(O[C@H]2C[C@@H](C(=O)O)C2)c(C)n1. The van der Waals surface area contributed by atoms with Gasteiger partial charge in [-0.05, 0) is 51.1 Å². The minimum Gasteiger partial charge on any atom is -0.488 e. The van der Waals surface area contributed by atoms with Gasteiger partial charge in [0.25, 0.3) is 0 Å². The Bertz CT molecular complexity index is 738. The summed E-state index contributed by atoms with van der Waals surface area (Å²) in [4.78, 5) is 30.5. The number of carboxylic acids is 1. The van der Waals surface area contributed by atoms with Crippen molar-refractivity contribution < 1.29 is 24.2 Å². The molecule has 1 aliphatic carbocycles. The first-order chi connectivity index (χ1) is 12.3. The van der Waals surface area contributed by atoms with Crippen LogP contribution in [-0.2, 0) is 9.53 Å². The maximum atomic E-state index is 11.2. The first kappa shape index (κ1) is 19.4. The summed E-state index contributed by atoms with van der Waals surface area (Å²) in [5, 5.41) is 11.3. The molecule has 1 heterocycles. The number of hydrogen-bond donors (Lipinski definition) is 2. The van der Waals surface area contributed by atoms with Crippen LogP contribution in [0.4, 0.5) is 4.79 Å². The Balaban J connectivity index is 2.08. The van der Waals surface area contributed by atoms with Crippen LogP contribution in [0.1, 0.15) is 31.2 Å². The van der Waals surface area contributed by atoms with Crippen LogP contribution in [0.5, 0.6) is 5.75 Å². The summed E-state index contributed by atoms with van der Waals surface area (Å²) in [7, 11) is 1.48. The fourth-order valence-corrected chi connectivity index (χ4v) is 2.60.